The fourth-order valence-corrected chi connectivity index (χ4v) is 2.21. The second-order valence-corrected chi connectivity index (χ2v) is 5.50. The van der Waals surface area contributed by atoms with Crippen LogP contribution in [-0.2, 0) is 20.7 Å². The molecular weight excluding hydrogens is 330 g/mol. The van der Waals surface area contributed by atoms with Crippen molar-refractivity contribution < 1.29 is 19.1 Å². The van der Waals surface area contributed by atoms with Gasteiger partial charge in [-0.25, -0.2) is 0 Å². The van der Waals surface area contributed by atoms with Crippen LogP contribution in [0.5, 0.6) is 5.75 Å². The lowest BCUT2D eigenvalue weighted by atomic mass is 10.1. The van der Waals surface area contributed by atoms with Gasteiger partial charge in [0.1, 0.15) is 5.75 Å². The minimum Gasteiger partial charge on any atom is -0.497 e. The van der Waals surface area contributed by atoms with Crippen molar-refractivity contribution in [3.8, 4) is 5.75 Å². The maximum Gasteiger partial charge on any atom is 0.306 e. The van der Waals surface area contributed by atoms with Crippen LogP contribution >= 0.6 is 11.6 Å². The van der Waals surface area contributed by atoms with Crippen LogP contribution < -0.4 is 10.1 Å². The van der Waals surface area contributed by atoms with Gasteiger partial charge < -0.3 is 14.8 Å². The number of hydrogen-bond donors (Lipinski definition) is 1. The average Bonchev–Trinajstić information content (AvgIpc) is 2.58. The molecule has 0 saturated carbocycles. The molecule has 2 rings (SSSR count). The van der Waals surface area contributed by atoms with E-state index in [0.29, 0.717) is 17.1 Å². The Morgan fingerprint density at radius 2 is 1.88 bits per heavy atom. The van der Waals surface area contributed by atoms with E-state index in [-0.39, 0.29) is 13.0 Å². The number of ether oxygens (including phenoxy) is 2. The minimum absolute atomic E-state index is 0.205. The van der Waals surface area contributed by atoms with Gasteiger partial charge in [0.15, 0.2) is 6.61 Å². The fraction of sp³-hybridized carbons (Fsp3) is 0.222. The summed E-state index contributed by atoms with van der Waals surface area (Å²) in [7, 11) is 1.60. The molecule has 0 unspecified atom stereocenters. The lowest BCUT2D eigenvalue weighted by Crippen LogP contribution is -2.21. The first kappa shape index (κ1) is 17.8. The van der Waals surface area contributed by atoms with E-state index in [9.17, 15) is 9.59 Å². The van der Waals surface area contributed by atoms with E-state index < -0.39 is 11.9 Å². The lowest BCUT2D eigenvalue weighted by molar-refractivity contribution is -0.147. The van der Waals surface area contributed by atoms with Gasteiger partial charge in [-0.05, 0) is 42.3 Å². The highest BCUT2D eigenvalue weighted by molar-refractivity contribution is 6.30. The minimum atomic E-state index is -0.424. The van der Waals surface area contributed by atoms with Gasteiger partial charge in [-0.1, -0.05) is 29.8 Å². The van der Waals surface area contributed by atoms with Crippen LogP contribution in [0.4, 0.5) is 5.69 Å². The summed E-state index contributed by atoms with van der Waals surface area (Å²) in [6.45, 7) is -0.325. The topological polar surface area (TPSA) is 64.6 Å². The van der Waals surface area contributed by atoms with Gasteiger partial charge in [0.2, 0.25) is 0 Å². The molecule has 1 amide bonds. The Hall–Kier alpha value is -2.53. The second-order valence-electron chi connectivity index (χ2n) is 5.07. The maximum atomic E-state index is 11.7. The van der Waals surface area contributed by atoms with Crippen LogP contribution in [0.25, 0.3) is 0 Å². The van der Waals surface area contributed by atoms with E-state index in [1.807, 2.05) is 24.3 Å². The Labute approximate surface area is 145 Å². The van der Waals surface area contributed by atoms with E-state index in [0.717, 1.165) is 11.3 Å². The molecule has 0 bridgehead atoms. The van der Waals surface area contributed by atoms with Crippen molar-refractivity contribution in [3.63, 3.8) is 0 Å². The summed E-state index contributed by atoms with van der Waals surface area (Å²) in [5, 5.41) is 3.13. The summed E-state index contributed by atoms with van der Waals surface area (Å²) in [5.74, 6) is -0.0684. The van der Waals surface area contributed by atoms with Gasteiger partial charge in [0.25, 0.3) is 5.91 Å². The zero-order valence-corrected chi connectivity index (χ0v) is 14.0. The Balaban J connectivity index is 1.71. The number of amides is 1. The predicted octanol–water partition coefficient (Wildman–Crippen LogP) is 3.46. The molecule has 0 radical (unpaired) electrons. The molecule has 24 heavy (non-hydrogen) atoms. The van der Waals surface area contributed by atoms with Gasteiger partial charge in [0, 0.05) is 17.1 Å². The summed E-state index contributed by atoms with van der Waals surface area (Å²) >= 11 is 5.83. The monoisotopic (exact) mass is 347 g/mol. The quantitative estimate of drug-likeness (QED) is 0.779. The standard InChI is InChI=1S/C18H18ClNO4/c1-23-16-8-5-13(6-9-16)7-10-18(22)24-12-17(21)20-15-4-2-3-14(19)11-15/h2-6,8-9,11H,7,10,12H2,1H3,(H,20,21). The summed E-state index contributed by atoms with van der Waals surface area (Å²) in [5.41, 5.74) is 1.55. The highest BCUT2D eigenvalue weighted by Gasteiger charge is 2.08. The molecule has 1 N–H and O–H groups in total. The highest BCUT2D eigenvalue weighted by atomic mass is 35.5. The van der Waals surface area contributed by atoms with Gasteiger partial charge in [0.05, 0.1) is 7.11 Å². The molecule has 2 aromatic carbocycles. The molecule has 126 valence electrons. The number of carbonyl (C=O) groups excluding carboxylic acids is 2. The number of benzene rings is 2. The van der Waals surface area contributed by atoms with Crippen LogP contribution in [0.2, 0.25) is 5.02 Å². The summed E-state index contributed by atoms with van der Waals surface area (Å²) < 4.78 is 10.0. The first-order valence-electron chi connectivity index (χ1n) is 7.41. The molecule has 6 heteroatoms. The Morgan fingerprint density at radius 3 is 2.54 bits per heavy atom. The summed E-state index contributed by atoms with van der Waals surface area (Å²) in [6.07, 6.45) is 0.746. The molecule has 5 nitrogen and oxygen atoms in total. The van der Waals surface area contributed by atoms with Crippen molar-refractivity contribution in [1.29, 1.82) is 0 Å². The number of esters is 1. The third-order valence-corrected chi connectivity index (χ3v) is 3.48. The molecule has 0 saturated heterocycles. The first-order chi connectivity index (χ1) is 11.6. The van der Waals surface area contributed by atoms with Crippen LogP contribution in [0, 0.1) is 0 Å². The van der Waals surface area contributed by atoms with Crippen LogP contribution in [0.1, 0.15) is 12.0 Å². The Morgan fingerprint density at radius 1 is 1.12 bits per heavy atom. The molecule has 0 fully saturated rings. The van der Waals surface area contributed by atoms with E-state index in [4.69, 9.17) is 21.1 Å². The zero-order chi connectivity index (χ0) is 17.4. The van der Waals surface area contributed by atoms with Gasteiger partial charge >= 0.3 is 5.97 Å². The third-order valence-electron chi connectivity index (χ3n) is 3.25. The van der Waals surface area contributed by atoms with E-state index in [1.165, 1.54) is 0 Å². The first-order valence-corrected chi connectivity index (χ1v) is 7.78. The summed E-state index contributed by atoms with van der Waals surface area (Å²) in [4.78, 5) is 23.4. The molecule has 0 aliphatic carbocycles. The third kappa shape index (κ3) is 5.93. The van der Waals surface area contributed by atoms with Crippen LogP contribution in [-0.4, -0.2) is 25.6 Å². The fourth-order valence-electron chi connectivity index (χ4n) is 2.02. The molecule has 0 spiro atoms. The molecule has 0 heterocycles. The van der Waals surface area contributed by atoms with Crippen molar-refractivity contribution >= 4 is 29.2 Å². The highest BCUT2D eigenvalue weighted by Crippen LogP contribution is 2.15. The second kappa shape index (κ2) is 8.93. The molecular formula is C18H18ClNO4. The Bertz CT molecular complexity index is 700. The molecule has 2 aromatic rings. The number of rotatable bonds is 7. The lowest BCUT2D eigenvalue weighted by Gasteiger charge is -2.07. The molecule has 0 atom stereocenters. The largest absolute Gasteiger partial charge is 0.497 e. The maximum absolute atomic E-state index is 11.7. The predicted molar refractivity (Wildman–Crippen MR) is 92.4 cm³/mol. The van der Waals surface area contributed by atoms with Crippen molar-refractivity contribution in [2.45, 2.75) is 12.8 Å². The average molecular weight is 348 g/mol. The molecule has 0 aliphatic heterocycles. The van der Waals surface area contributed by atoms with Crippen molar-refractivity contribution in [1.82, 2.24) is 0 Å². The SMILES string of the molecule is COc1ccc(CCC(=O)OCC(=O)Nc2cccc(Cl)c2)cc1. The number of anilines is 1. The number of carbonyl (C=O) groups is 2. The van der Waals surface area contributed by atoms with Gasteiger partial charge in [-0.3, -0.25) is 9.59 Å². The molecule has 0 aliphatic rings. The normalized spacial score (nSPS) is 10.1. The number of hydrogen-bond acceptors (Lipinski definition) is 4. The number of aryl methyl sites for hydroxylation is 1. The number of methoxy groups -OCH3 is 1. The van der Waals surface area contributed by atoms with Crippen molar-refractivity contribution in [2.24, 2.45) is 0 Å². The van der Waals surface area contributed by atoms with Crippen molar-refractivity contribution in [2.75, 3.05) is 19.0 Å². The molecule has 0 aromatic heterocycles. The van der Waals surface area contributed by atoms with Crippen LogP contribution in [0.15, 0.2) is 48.5 Å². The van der Waals surface area contributed by atoms with E-state index in [2.05, 4.69) is 5.32 Å². The van der Waals surface area contributed by atoms with E-state index in [1.54, 1.807) is 31.4 Å². The number of halogens is 1. The van der Waals surface area contributed by atoms with Gasteiger partial charge in [-0.2, -0.15) is 0 Å². The van der Waals surface area contributed by atoms with Crippen molar-refractivity contribution in [3.05, 3.63) is 59.1 Å². The number of nitrogens with one attached hydrogen (secondary N) is 1. The van der Waals surface area contributed by atoms with Crippen LogP contribution in [0.3, 0.4) is 0 Å². The Kier molecular flexibility index (Phi) is 6.63. The summed E-state index contributed by atoms with van der Waals surface area (Å²) in [6, 6.07) is 14.2. The van der Waals surface area contributed by atoms with Gasteiger partial charge in [-0.15, -0.1) is 0 Å². The smallest absolute Gasteiger partial charge is 0.306 e. The zero-order valence-electron chi connectivity index (χ0n) is 13.3. The van der Waals surface area contributed by atoms with E-state index >= 15 is 0 Å².